The maximum absolute atomic E-state index is 12.4. The van der Waals surface area contributed by atoms with Crippen LogP contribution >= 0.6 is 0 Å². The van der Waals surface area contributed by atoms with Crippen molar-refractivity contribution in [3.8, 4) is 5.88 Å². The first kappa shape index (κ1) is 16.2. The minimum absolute atomic E-state index is 0.117. The van der Waals surface area contributed by atoms with Crippen molar-refractivity contribution < 1.29 is 19.1 Å². The van der Waals surface area contributed by atoms with E-state index in [-0.39, 0.29) is 17.8 Å². The topological polar surface area (TPSA) is 81.6 Å². The number of carbonyl (C=O) groups excluding carboxylic acids is 2. The second kappa shape index (κ2) is 7.72. The monoisotopic (exact) mass is 307 g/mol. The molecule has 0 saturated carbocycles. The smallest absolute Gasteiger partial charge is 0.309 e. The highest BCUT2D eigenvalue weighted by Gasteiger charge is 2.29. The summed E-state index contributed by atoms with van der Waals surface area (Å²) in [4.78, 5) is 33.8. The fourth-order valence-corrected chi connectivity index (χ4v) is 2.42. The molecule has 0 aliphatic carbocycles. The molecule has 2 heterocycles. The standard InChI is InChI=1S/C15H21N3O4/c1-3-21-13-9-12(16-10-17-13)14(19)18-7-5-11(6-8-18)15(20)22-4-2/h9-11H,3-8H2,1-2H3. The highest BCUT2D eigenvalue weighted by molar-refractivity contribution is 5.92. The van der Waals surface area contributed by atoms with E-state index in [1.807, 2.05) is 6.92 Å². The predicted molar refractivity (Wildman–Crippen MR) is 78.5 cm³/mol. The molecular weight excluding hydrogens is 286 g/mol. The minimum Gasteiger partial charge on any atom is -0.478 e. The Bertz CT molecular complexity index is 527. The first-order valence-electron chi connectivity index (χ1n) is 7.56. The fourth-order valence-electron chi connectivity index (χ4n) is 2.42. The average molecular weight is 307 g/mol. The lowest BCUT2D eigenvalue weighted by Crippen LogP contribution is -2.41. The summed E-state index contributed by atoms with van der Waals surface area (Å²) < 4.78 is 10.3. The molecule has 7 nitrogen and oxygen atoms in total. The van der Waals surface area contributed by atoms with Gasteiger partial charge in [0.15, 0.2) is 0 Å². The number of ether oxygens (including phenoxy) is 2. The van der Waals surface area contributed by atoms with Crippen LogP contribution in [-0.4, -0.2) is 53.0 Å². The molecule has 120 valence electrons. The van der Waals surface area contributed by atoms with Gasteiger partial charge in [0.05, 0.1) is 19.1 Å². The largest absolute Gasteiger partial charge is 0.478 e. The van der Waals surface area contributed by atoms with Crippen LogP contribution in [0.5, 0.6) is 5.88 Å². The van der Waals surface area contributed by atoms with Gasteiger partial charge in [-0.2, -0.15) is 0 Å². The summed E-state index contributed by atoms with van der Waals surface area (Å²) >= 11 is 0. The number of hydrogen-bond donors (Lipinski definition) is 0. The van der Waals surface area contributed by atoms with Crippen molar-refractivity contribution in [1.82, 2.24) is 14.9 Å². The molecule has 0 aromatic carbocycles. The summed E-state index contributed by atoms with van der Waals surface area (Å²) in [6.45, 7) is 5.56. The van der Waals surface area contributed by atoms with E-state index < -0.39 is 0 Å². The number of amides is 1. The van der Waals surface area contributed by atoms with Crippen molar-refractivity contribution >= 4 is 11.9 Å². The van der Waals surface area contributed by atoms with Crippen LogP contribution in [-0.2, 0) is 9.53 Å². The molecule has 22 heavy (non-hydrogen) atoms. The molecular formula is C15H21N3O4. The molecule has 1 aliphatic heterocycles. The van der Waals surface area contributed by atoms with E-state index in [0.29, 0.717) is 50.7 Å². The molecule has 1 aliphatic rings. The van der Waals surface area contributed by atoms with Crippen LogP contribution < -0.4 is 4.74 Å². The van der Waals surface area contributed by atoms with Crippen molar-refractivity contribution in [1.29, 1.82) is 0 Å². The Hall–Kier alpha value is -2.18. The van der Waals surface area contributed by atoms with Crippen LogP contribution in [0.2, 0.25) is 0 Å². The van der Waals surface area contributed by atoms with Crippen LogP contribution in [0.15, 0.2) is 12.4 Å². The lowest BCUT2D eigenvalue weighted by atomic mass is 9.97. The zero-order chi connectivity index (χ0) is 15.9. The predicted octanol–water partition coefficient (Wildman–Crippen LogP) is 1.29. The van der Waals surface area contributed by atoms with Gasteiger partial charge in [0.25, 0.3) is 5.91 Å². The minimum atomic E-state index is -0.171. The van der Waals surface area contributed by atoms with Crippen LogP contribution in [0.4, 0.5) is 0 Å². The van der Waals surface area contributed by atoms with Crippen LogP contribution in [0.3, 0.4) is 0 Å². The van der Waals surface area contributed by atoms with Crippen LogP contribution in [0, 0.1) is 5.92 Å². The first-order valence-corrected chi connectivity index (χ1v) is 7.56. The van der Waals surface area contributed by atoms with Crippen LogP contribution in [0.25, 0.3) is 0 Å². The molecule has 1 aromatic heterocycles. The van der Waals surface area contributed by atoms with Gasteiger partial charge in [-0.1, -0.05) is 0 Å². The van der Waals surface area contributed by atoms with E-state index >= 15 is 0 Å². The number of hydrogen-bond acceptors (Lipinski definition) is 6. The quantitative estimate of drug-likeness (QED) is 0.762. The van der Waals surface area contributed by atoms with E-state index in [9.17, 15) is 9.59 Å². The molecule has 1 amide bonds. The average Bonchev–Trinajstić information content (AvgIpc) is 2.55. The molecule has 2 rings (SSSR count). The van der Waals surface area contributed by atoms with Crippen LogP contribution in [0.1, 0.15) is 37.2 Å². The van der Waals surface area contributed by atoms with E-state index in [4.69, 9.17) is 9.47 Å². The van der Waals surface area contributed by atoms with E-state index in [1.165, 1.54) is 6.33 Å². The highest BCUT2D eigenvalue weighted by Crippen LogP contribution is 2.20. The first-order chi connectivity index (χ1) is 10.7. The molecule has 0 radical (unpaired) electrons. The van der Waals surface area contributed by atoms with Gasteiger partial charge in [-0.25, -0.2) is 9.97 Å². The second-order valence-corrected chi connectivity index (χ2v) is 4.99. The molecule has 1 fully saturated rings. The fraction of sp³-hybridized carbons (Fsp3) is 0.600. The van der Waals surface area contributed by atoms with Gasteiger partial charge in [0, 0.05) is 19.2 Å². The van der Waals surface area contributed by atoms with E-state index in [1.54, 1.807) is 17.9 Å². The molecule has 0 unspecified atom stereocenters. The normalized spacial score (nSPS) is 15.5. The van der Waals surface area contributed by atoms with Crippen molar-refractivity contribution in [2.75, 3.05) is 26.3 Å². The number of nitrogens with zero attached hydrogens (tertiary/aromatic N) is 3. The summed E-state index contributed by atoms with van der Waals surface area (Å²) in [6, 6.07) is 1.54. The van der Waals surface area contributed by atoms with Gasteiger partial charge in [0.1, 0.15) is 12.0 Å². The summed E-state index contributed by atoms with van der Waals surface area (Å²) in [5, 5.41) is 0. The van der Waals surface area contributed by atoms with Gasteiger partial charge in [-0.3, -0.25) is 9.59 Å². The number of likely N-dealkylation sites (tertiary alicyclic amines) is 1. The molecule has 7 heteroatoms. The molecule has 0 spiro atoms. The number of rotatable bonds is 5. The Labute approximate surface area is 129 Å². The number of aromatic nitrogens is 2. The third-order valence-electron chi connectivity index (χ3n) is 3.56. The Morgan fingerprint density at radius 2 is 1.95 bits per heavy atom. The van der Waals surface area contributed by atoms with Gasteiger partial charge in [-0.15, -0.1) is 0 Å². The van der Waals surface area contributed by atoms with Gasteiger partial charge in [0.2, 0.25) is 5.88 Å². The summed E-state index contributed by atoms with van der Waals surface area (Å²) in [5.74, 6) is -0.0587. The Balaban J connectivity index is 1.95. The van der Waals surface area contributed by atoms with Gasteiger partial charge < -0.3 is 14.4 Å². The third kappa shape index (κ3) is 3.93. The number of piperidine rings is 1. The molecule has 0 atom stereocenters. The van der Waals surface area contributed by atoms with Crippen molar-refractivity contribution in [3.63, 3.8) is 0 Å². The van der Waals surface area contributed by atoms with Gasteiger partial charge in [-0.05, 0) is 26.7 Å². The molecule has 0 bridgehead atoms. The Kier molecular flexibility index (Phi) is 5.68. The summed E-state index contributed by atoms with van der Waals surface area (Å²) in [7, 11) is 0. The van der Waals surface area contributed by atoms with Crippen molar-refractivity contribution in [2.45, 2.75) is 26.7 Å². The lowest BCUT2D eigenvalue weighted by molar-refractivity contribution is -0.149. The Morgan fingerprint density at radius 1 is 1.23 bits per heavy atom. The van der Waals surface area contributed by atoms with Crippen molar-refractivity contribution in [3.05, 3.63) is 18.1 Å². The van der Waals surface area contributed by atoms with Gasteiger partial charge >= 0.3 is 5.97 Å². The van der Waals surface area contributed by atoms with Crippen molar-refractivity contribution in [2.24, 2.45) is 5.92 Å². The maximum atomic E-state index is 12.4. The molecule has 0 N–H and O–H groups in total. The SMILES string of the molecule is CCOC(=O)C1CCN(C(=O)c2cc(OCC)ncn2)CC1. The van der Waals surface area contributed by atoms with E-state index in [2.05, 4.69) is 9.97 Å². The Morgan fingerprint density at radius 3 is 2.59 bits per heavy atom. The molecule has 1 saturated heterocycles. The highest BCUT2D eigenvalue weighted by atomic mass is 16.5. The lowest BCUT2D eigenvalue weighted by Gasteiger charge is -2.30. The zero-order valence-corrected chi connectivity index (χ0v) is 12.9. The molecule has 1 aromatic rings. The summed E-state index contributed by atoms with van der Waals surface area (Å²) in [6.07, 6.45) is 2.56. The zero-order valence-electron chi connectivity index (χ0n) is 12.9. The third-order valence-corrected chi connectivity index (χ3v) is 3.56. The maximum Gasteiger partial charge on any atom is 0.309 e. The van der Waals surface area contributed by atoms with E-state index in [0.717, 1.165) is 0 Å². The number of esters is 1. The second-order valence-electron chi connectivity index (χ2n) is 4.99. The number of carbonyl (C=O) groups is 2. The summed E-state index contributed by atoms with van der Waals surface area (Å²) in [5.41, 5.74) is 0.313.